The summed E-state index contributed by atoms with van der Waals surface area (Å²) in [5.41, 5.74) is 0.679. The molecule has 17 heavy (non-hydrogen) atoms. The van der Waals surface area contributed by atoms with Gasteiger partial charge in [-0.15, -0.1) is 11.8 Å². The molecule has 0 N–H and O–H groups in total. The molecule has 0 heterocycles. The van der Waals surface area contributed by atoms with E-state index >= 15 is 0 Å². The smallest absolute Gasteiger partial charge is 0.138 e. The van der Waals surface area contributed by atoms with Gasteiger partial charge in [-0.1, -0.05) is 18.9 Å². The van der Waals surface area contributed by atoms with Crippen molar-refractivity contribution in [3.05, 3.63) is 23.8 Å². The second-order valence-electron chi connectivity index (χ2n) is 4.41. The van der Waals surface area contributed by atoms with Crippen LogP contribution in [-0.4, -0.2) is 12.9 Å². The van der Waals surface area contributed by atoms with Crippen molar-refractivity contribution in [1.82, 2.24) is 0 Å². The zero-order valence-corrected chi connectivity index (χ0v) is 10.9. The first-order valence-electron chi connectivity index (χ1n) is 6.05. The summed E-state index contributed by atoms with van der Waals surface area (Å²) < 4.78 is 5.82. The highest BCUT2D eigenvalue weighted by Gasteiger charge is 2.16. The number of rotatable bonds is 4. The maximum Gasteiger partial charge on any atom is 0.138 e. The summed E-state index contributed by atoms with van der Waals surface area (Å²) in [4.78, 5) is 0.997. The van der Waals surface area contributed by atoms with E-state index in [-0.39, 0.29) is 0 Å². The predicted molar refractivity (Wildman–Crippen MR) is 70.4 cm³/mol. The average molecular weight is 247 g/mol. The number of benzene rings is 1. The Morgan fingerprint density at radius 2 is 2.18 bits per heavy atom. The zero-order valence-electron chi connectivity index (χ0n) is 10.1. The molecule has 1 aliphatic carbocycles. The van der Waals surface area contributed by atoms with E-state index in [0.717, 1.165) is 17.3 Å². The molecule has 1 fully saturated rings. The van der Waals surface area contributed by atoms with E-state index in [2.05, 4.69) is 6.07 Å². The highest BCUT2D eigenvalue weighted by atomic mass is 32.2. The molecular weight excluding hydrogens is 230 g/mol. The molecule has 0 aromatic heterocycles. The van der Waals surface area contributed by atoms with Crippen molar-refractivity contribution in [3.63, 3.8) is 0 Å². The lowest BCUT2D eigenvalue weighted by Crippen LogP contribution is -2.09. The van der Waals surface area contributed by atoms with Crippen molar-refractivity contribution in [2.45, 2.75) is 30.6 Å². The monoisotopic (exact) mass is 247 g/mol. The lowest BCUT2D eigenvalue weighted by atomic mass is 10.1. The van der Waals surface area contributed by atoms with Gasteiger partial charge in [-0.3, -0.25) is 0 Å². The third kappa shape index (κ3) is 2.95. The highest BCUT2D eigenvalue weighted by Crippen LogP contribution is 2.30. The fraction of sp³-hybridized carbons (Fsp3) is 0.500. The van der Waals surface area contributed by atoms with Gasteiger partial charge in [0.05, 0.1) is 6.61 Å². The van der Waals surface area contributed by atoms with Gasteiger partial charge in [0.1, 0.15) is 17.4 Å². The Bertz CT molecular complexity index is 419. The first kappa shape index (κ1) is 12.3. The van der Waals surface area contributed by atoms with Crippen molar-refractivity contribution in [2.75, 3.05) is 12.9 Å². The minimum Gasteiger partial charge on any atom is -0.492 e. The summed E-state index contributed by atoms with van der Waals surface area (Å²) in [6.07, 6.45) is 7.17. The molecule has 3 heteroatoms. The molecule has 1 aromatic carbocycles. The van der Waals surface area contributed by atoms with E-state index in [4.69, 9.17) is 4.74 Å². The van der Waals surface area contributed by atoms with Crippen LogP contribution in [0.1, 0.15) is 31.2 Å². The Kier molecular flexibility index (Phi) is 4.33. The molecule has 2 nitrogen and oxygen atoms in total. The van der Waals surface area contributed by atoms with Gasteiger partial charge in [-0.05, 0) is 37.1 Å². The maximum absolute atomic E-state index is 9.18. The molecule has 0 spiro atoms. The fourth-order valence-corrected chi connectivity index (χ4v) is 2.86. The molecule has 1 aliphatic rings. The number of thioether (sulfide) groups is 1. The van der Waals surface area contributed by atoms with Crippen LogP contribution in [0.4, 0.5) is 0 Å². The van der Waals surface area contributed by atoms with Gasteiger partial charge < -0.3 is 4.74 Å². The van der Waals surface area contributed by atoms with Crippen LogP contribution < -0.4 is 4.74 Å². The zero-order chi connectivity index (χ0) is 12.1. The van der Waals surface area contributed by atoms with E-state index in [1.54, 1.807) is 11.8 Å². The lowest BCUT2D eigenvalue weighted by Gasteiger charge is -2.13. The number of hydrogen-bond acceptors (Lipinski definition) is 3. The molecule has 0 aliphatic heterocycles. The molecule has 0 atom stereocenters. The standard InChI is InChI=1S/C14H17NOS/c1-17-14-8-4-7-13(12(14)9-15)16-10-11-5-2-3-6-11/h4,7-8,11H,2-3,5-6,10H2,1H3. The Hall–Kier alpha value is -1.14. The summed E-state index contributed by atoms with van der Waals surface area (Å²) in [6, 6.07) is 8.06. The molecule has 2 rings (SSSR count). The molecular formula is C14H17NOS. The summed E-state index contributed by atoms with van der Waals surface area (Å²) in [5, 5.41) is 9.18. The molecule has 1 aromatic rings. The third-order valence-electron chi connectivity index (χ3n) is 3.27. The molecule has 90 valence electrons. The van der Waals surface area contributed by atoms with Gasteiger partial charge in [-0.2, -0.15) is 5.26 Å². The van der Waals surface area contributed by atoms with Gasteiger partial charge in [0.15, 0.2) is 0 Å². The van der Waals surface area contributed by atoms with Crippen LogP contribution in [0.25, 0.3) is 0 Å². The topological polar surface area (TPSA) is 33.0 Å². The van der Waals surface area contributed by atoms with E-state index in [9.17, 15) is 5.26 Å². The minimum absolute atomic E-state index is 0.679. The normalized spacial score (nSPS) is 15.8. The first-order chi connectivity index (χ1) is 8.35. The maximum atomic E-state index is 9.18. The van der Waals surface area contributed by atoms with Crippen molar-refractivity contribution in [1.29, 1.82) is 5.26 Å². The van der Waals surface area contributed by atoms with Crippen molar-refractivity contribution < 1.29 is 4.74 Å². The summed E-state index contributed by atoms with van der Waals surface area (Å²) >= 11 is 1.59. The largest absolute Gasteiger partial charge is 0.492 e. The van der Waals surface area contributed by atoms with E-state index < -0.39 is 0 Å². The Morgan fingerprint density at radius 1 is 1.41 bits per heavy atom. The fourth-order valence-electron chi connectivity index (χ4n) is 2.30. The number of nitriles is 1. The van der Waals surface area contributed by atoms with Crippen LogP contribution in [0.5, 0.6) is 5.75 Å². The first-order valence-corrected chi connectivity index (χ1v) is 7.27. The van der Waals surface area contributed by atoms with Gasteiger partial charge in [0.2, 0.25) is 0 Å². The van der Waals surface area contributed by atoms with Crippen LogP contribution in [0, 0.1) is 17.2 Å². The minimum atomic E-state index is 0.679. The Balaban J connectivity index is 2.07. The quantitative estimate of drug-likeness (QED) is 0.758. The summed E-state index contributed by atoms with van der Waals surface area (Å²) in [5.74, 6) is 1.42. The van der Waals surface area contributed by atoms with E-state index in [0.29, 0.717) is 11.5 Å². The SMILES string of the molecule is CSc1cccc(OCC2CCCC2)c1C#N. The number of nitrogens with zero attached hydrogens (tertiary/aromatic N) is 1. The molecule has 0 saturated heterocycles. The second kappa shape index (κ2) is 5.97. The van der Waals surface area contributed by atoms with Crippen LogP contribution in [0.2, 0.25) is 0 Å². The average Bonchev–Trinajstić information content (AvgIpc) is 2.88. The van der Waals surface area contributed by atoms with Gasteiger partial charge >= 0.3 is 0 Å². The van der Waals surface area contributed by atoms with Gasteiger partial charge in [-0.25, -0.2) is 0 Å². The van der Waals surface area contributed by atoms with Crippen LogP contribution >= 0.6 is 11.8 Å². The van der Waals surface area contributed by atoms with Crippen molar-refractivity contribution in [3.8, 4) is 11.8 Å². The van der Waals surface area contributed by atoms with E-state index in [1.165, 1.54) is 25.7 Å². The molecule has 0 bridgehead atoms. The summed E-state index contributed by atoms with van der Waals surface area (Å²) in [6.45, 7) is 0.756. The van der Waals surface area contributed by atoms with Gasteiger partial charge in [0, 0.05) is 4.90 Å². The van der Waals surface area contributed by atoms with E-state index in [1.807, 2.05) is 24.5 Å². The lowest BCUT2D eigenvalue weighted by molar-refractivity contribution is 0.251. The molecule has 1 saturated carbocycles. The predicted octanol–water partition coefficient (Wildman–Crippen LogP) is 3.85. The van der Waals surface area contributed by atoms with Crippen LogP contribution in [0.15, 0.2) is 23.1 Å². The molecule has 0 radical (unpaired) electrons. The Morgan fingerprint density at radius 3 is 2.82 bits per heavy atom. The van der Waals surface area contributed by atoms with Crippen LogP contribution in [0.3, 0.4) is 0 Å². The number of ether oxygens (including phenoxy) is 1. The van der Waals surface area contributed by atoms with Crippen LogP contribution in [-0.2, 0) is 0 Å². The molecule has 0 unspecified atom stereocenters. The third-order valence-corrected chi connectivity index (χ3v) is 4.05. The summed E-state index contributed by atoms with van der Waals surface area (Å²) in [7, 11) is 0. The highest BCUT2D eigenvalue weighted by molar-refractivity contribution is 7.98. The number of hydrogen-bond donors (Lipinski definition) is 0. The second-order valence-corrected chi connectivity index (χ2v) is 5.25. The Labute approximate surface area is 107 Å². The van der Waals surface area contributed by atoms with Gasteiger partial charge in [0.25, 0.3) is 0 Å². The van der Waals surface area contributed by atoms with Crippen molar-refractivity contribution in [2.24, 2.45) is 5.92 Å². The molecule has 0 amide bonds. The van der Waals surface area contributed by atoms with Crippen molar-refractivity contribution >= 4 is 11.8 Å².